The average Bonchev–Trinajstić information content (AvgIpc) is 2.35. The number of carbonyl (C=O) groups is 1. The van der Waals surface area contributed by atoms with Crippen LogP contribution in [0.1, 0.15) is 32.3 Å². The lowest BCUT2D eigenvalue weighted by Gasteiger charge is -2.21. The molecule has 0 aliphatic carbocycles. The highest BCUT2D eigenvalue weighted by Crippen LogP contribution is 2.19. The molecular weight excluding hydrogens is 259 g/mol. The lowest BCUT2D eigenvalue weighted by molar-refractivity contribution is -0.130. The van der Waals surface area contributed by atoms with Gasteiger partial charge in [0.1, 0.15) is 0 Å². The van der Waals surface area contributed by atoms with Crippen LogP contribution in [-0.2, 0) is 11.3 Å². The van der Waals surface area contributed by atoms with Gasteiger partial charge >= 0.3 is 0 Å². The molecule has 0 bridgehead atoms. The molecule has 4 nitrogen and oxygen atoms in total. The third-order valence-electron chi connectivity index (χ3n) is 3.04. The Morgan fingerprint density at radius 1 is 1.45 bits per heavy atom. The molecule has 1 rings (SSSR count). The topological polar surface area (TPSA) is 55.6 Å². The monoisotopic (exact) mass is 282 g/mol. The molecule has 20 heavy (non-hydrogen) atoms. The van der Waals surface area contributed by atoms with Crippen LogP contribution in [0.25, 0.3) is 0 Å². The smallest absolute Gasteiger partial charge is 0.222 e. The predicted molar refractivity (Wildman–Crippen MR) is 76.9 cm³/mol. The van der Waals surface area contributed by atoms with Crippen LogP contribution in [-0.4, -0.2) is 30.5 Å². The Kier molecular flexibility index (Phi) is 5.51. The number of methoxy groups -OCH3 is 1. The van der Waals surface area contributed by atoms with Gasteiger partial charge in [-0.05, 0) is 38.0 Å². The zero-order chi connectivity index (χ0) is 15.3. The number of carbonyl (C=O) groups excluding carboxylic acids is 1. The maximum Gasteiger partial charge on any atom is 0.222 e. The second kappa shape index (κ2) is 6.70. The van der Waals surface area contributed by atoms with Crippen molar-refractivity contribution in [2.24, 2.45) is 5.73 Å². The zero-order valence-electron chi connectivity index (χ0n) is 12.6. The number of ether oxygens (including phenoxy) is 1. The van der Waals surface area contributed by atoms with Crippen LogP contribution in [0.4, 0.5) is 4.39 Å². The number of halogens is 1. The van der Waals surface area contributed by atoms with E-state index in [0.29, 0.717) is 19.4 Å². The van der Waals surface area contributed by atoms with Gasteiger partial charge in [0, 0.05) is 25.6 Å². The molecule has 1 aromatic carbocycles. The van der Waals surface area contributed by atoms with Crippen molar-refractivity contribution in [1.29, 1.82) is 0 Å². The molecular formula is C15H23FN2O2. The zero-order valence-corrected chi connectivity index (χ0v) is 12.6. The highest BCUT2D eigenvalue weighted by atomic mass is 19.1. The molecule has 1 amide bonds. The van der Waals surface area contributed by atoms with Gasteiger partial charge in [0.2, 0.25) is 5.91 Å². The van der Waals surface area contributed by atoms with Gasteiger partial charge in [-0.15, -0.1) is 0 Å². The lowest BCUT2D eigenvalue weighted by Crippen LogP contribution is -2.34. The van der Waals surface area contributed by atoms with Gasteiger partial charge in [0.25, 0.3) is 0 Å². The molecule has 0 fully saturated rings. The van der Waals surface area contributed by atoms with Crippen LogP contribution in [0.2, 0.25) is 0 Å². The lowest BCUT2D eigenvalue weighted by atomic mass is 10.00. The minimum atomic E-state index is -0.422. The molecule has 112 valence electrons. The second-order valence-corrected chi connectivity index (χ2v) is 5.71. The molecule has 0 atom stereocenters. The van der Waals surface area contributed by atoms with Crippen molar-refractivity contribution in [2.45, 2.75) is 38.8 Å². The van der Waals surface area contributed by atoms with Crippen LogP contribution >= 0.6 is 0 Å². The first-order chi connectivity index (χ1) is 9.23. The van der Waals surface area contributed by atoms with Crippen LogP contribution in [0.3, 0.4) is 0 Å². The van der Waals surface area contributed by atoms with E-state index in [9.17, 15) is 9.18 Å². The summed E-state index contributed by atoms with van der Waals surface area (Å²) in [7, 11) is 3.12. The van der Waals surface area contributed by atoms with E-state index < -0.39 is 5.82 Å². The molecule has 0 aromatic heterocycles. The number of nitrogens with zero attached hydrogens (tertiary/aromatic N) is 1. The van der Waals surface area contributed by atoms with Crippen LogP contribution < -0.4 is 10.5 Å². The van der Waals surface area contributed by atoms with Crippen LogP contribution in [0.5, 0.6) is 5.75 Å². The van der Waals surface area contributed by atoms with E-state index >= 15 is 0 Å². The Hall–Kier alpha value is -1.62. The Morgan fingerprint density at radius 3 is 2.60 bits per heavy atom. The van der Waals surface area contributed by atoms with Gasteiger partial charge in [-0.2, -0.15) is 0 Å². The summed E-state index contributed by atoms with van der Waals surface area (Å²) in [5.41, 5.74) is 6.22. The van der Waals surface area contributed by atoms with Gasteiger partial charge in [-0.25, -0.2) is 4.39 Å². The van der Waals surface area contributed by atoms with Crippen molar-refractivity contribution in [2.75, 3.05) is 14.2 Å². The number of hydrogen-bond acceptors (Lipinski definition) is 3. The molecule has 1 aromatic rings. The number of nitrogens with two attached hydrogens (primary N) is 1. The van der Waals surface area contributed by atoms with E-state index in [-0.39, 0.29) is 17.2 Å². The number of rotatable bonds is 6. The van der Waals surface area contributed by atoms with Crippen molar-refractivity contribution < 1.29 is 13.9 Å². The average molecular weight is 282 g/mol. The maximum absolute atomic E-state index is 13.6. The first-order valence-electron chi connectivity index (χ1n) is 6.58. The van der Waals surface area contributed by atoms with E-state index in [1.54, 1.807) is 24.1 Å². The van der Waals surface area contributed by atoms with E-state index in [1.165, 1.54) is 13.2 Å². The molecule has 5 heteroatoms. The fourth-order valence-corrected chi connectivity index (χ4v) is 1.79. The standard InChI is InChI=1S/C15H23FN2O2/c1-15(2,17)8-7-14(19)18(3)10-11-5-6-13(20-4)12(16)9-11/h5-6,9H,7-8,10,17H2,1-4H3. The summed E-state index contributed by atoms with van der Waals surface area (Å²) in [6.07, 6.45) is 1.01. The van der Waals surface area contributed by atoms with E-state index in [4.69, 9.17) is 10.5 Å². The Bertz CT molecular complexity index is 469. The van der Waals surface area contributed by atoms with Crippen LogP contribution in [0.15, 0.2) is 18.2 Å². The third kappa shape index (κ3) is 5.17. The summed E-state index contributed by atoms with van der Waals surface area (Å²) in [6.45, 7) is 4.14. The molecule has 0 aliphatic heterocycles. The Labute approximate surface area is 119 Å². The summed E-state index contributed by atoms with van der Waals surface area (Å²) in [5.74, 6) is -0.221. The van der Waals surface area contributed by atoms with Gasteiger partial charge in [0.05, 0.1) is 7.11 Å². The summed E-state index contributed by atoms with van der Waals surface area (Å²) in [4.78, 5) is 13.5. The summed E-state index contributed by atoms with van der Waals surface area (Å²) in [5, 5.41) is 0. The Morgan fingerprint density at radius 2 is 2.10 bits per heavy atom. The molecule has 0 saturated heterocycles. The largest absolute Gasteiger partial charge is 0.494 e. The minimum Gasteiger partial charge on any atom is -0.494 e. The van der Waals surface area contributed by atoms with Gasteiger partial charge < -0.3 is 15.4 Å². The van der Waals surface area contributed by atoms with Crippen molar-refractivity contribution in [3.63, 3.8) is 0 Å². The number of hydrogen-bond donors (Lipinski definition) is 1. The molecule has 0 aliphatic rings. The van der Waals surface area contributed by atoms with Crippen molar-refractivity contribution in [3.8, 4) is 5.75 Å². The van der Waals surface area contributed by atoms with Crippen LogP contribution in [0, 0.1) is 5.82 Å². The predicted octanol–water partition coefficient (Wildman–Crippen LogP) is 2.31. The molecule has 0 unspecified atom stereocenters. The highest BCUT2D eigenvalue weighted by molar-refractivity contribution is 5.75. The normalized spacial score (nSPS) is 11.3. The molecule has 0 heterocycles. The van der Waals surface area contributed by atoms with Crippen molar-refractivity contribution >= 4 is 5.91 Å². The molecule has 0 radical (unpaired) electrons. The quantitative estimate of drug-likeness (QED) is 0.871. The SMILES string of the molecule is COc1ccc(CN(C)C(=O)CCC(C)(C)N)cc1F. The van der Waals surface area contributed by atoms with E-state index in [1.807, 2.05) is 13.8 Å². The summed E-state index contributed by atoms with van der Waals surface area (Å²) in [6, 6.07) is 4.69. The molecule has 0 spiro atoms. The summed E-state index contributed by atoms with van der Waals surface area (Å²) < 4.78 is 18.4. The molecule has 0 saturated carbocycles. The first-order valence-corrected chi connectivity index (χ1v) is 6.58. The number of amides is 1. The maximum atomic E-state index is 13.6. The highest BCUT2D eigenvalue weighted by Gasteiger charge is 2.16. The van der Waals surface area contributed by atoms with E-state index in [2.05, 4.69) is 0 Å². The second-order valence-electron chi connectivity index (χ2n) is 5.71. The van der Waals surface area contributed by atoms with Gasteiger partial charge in [-0.1, -0.05) is 6.07 Å². The van der Waals surface area contributed by atoms with Crippen molar-refractivity contribution in [1.82, 2.24) is 4.90 Å². The summed E-state index contributed by atoms with van der Waals surface area (Å²) >= 11 is 0. The van der Waals surface area contributed by atoms with E-state index in [0.717, 1.165) is 5.56 Å². The Balaban J connectivity index is 2.59. The first kappa shape index (κ1) is 16.4. The minimum absolute atomic E-state index is 0.000230. The van der Waals surface area contributed by atoms with Crippen molar-refractivity contribution in [3.05, 3.63) is 29.6 Å². The fraction of sp³-hybridized carbons (Fsp3) is 0.533. The third-order valence-corrected chi connectivity index (χ3v) is 3.04. The molecule has 2 N–H and O–H groups in total. The number of benzene rings is 1. The van der Waals surface area contributed by atoms with Gasteiger partial charge in [0.15, 0.2) is 11.6 Å². The fourth-order valence-electron chi connectivity index (χ4n) is 1.79. The van der Waals surface area contributed by atoms with Gasteiger partial charge in [-0.3, -0.25) is 4.79 Å².